The summed E-state index contributed by atoms with van der Waals surface area (Å²) in [5, 5.41) is 0. The number of carbonyl (C=O) groups excluding carboxylic acids is 3. The number of furan rings is 1. The van der Waals surface area contributed by atoms with Gasteiger partial charge in [-0.05, 0) is 37.3 Å². The largest absolute Gasteiger partial charge is 0.472 e. The molecular weight excluding hydrogens is 376 g/mol. The van der Waals surface area contributed by atoms with Gasteiger partial charge in [0, 0.05) is 24.5 Å². The molecule has 5 atom stereocenters. The Morgan fingerprint density at radius 1 is 1.31 bits per heavy atom. The van der Waals surface area contributed by atoms with Gasteiger partial charge in [-0.25, -0.2) is 4.79 Å². The van der Waals surface area contributed by atoms with E-state index in [9.17, 15) is 14.4 Å². The van der Waals surface area contributed by atoms with Crippen molar-refractivity contribution in [3.63, 3.8) is 0 Å². The second-order valence-electron chi connectivity index (χ2n) is 8.26. The third kappa shape index (κ3) is 2.46. The van der Waals surface area contributed by atoms with Gasteiger partial charge in [0.1, 0.15) is 12.7 Å². The summed E-state index contributed by atoms with van der Waals surface area (Å²) in [6.45, 7) is 3.51. The number of cyclic esters (lactones) is 2. The molecule has 1 aromatic heterocycles. The van der Waals surface area contributed by atoms with E-state index in [4.69, 9.17) is 18.6 Å². The average molecular weight is 398 g/mol. The maximum atomic E-state index is 12.9. The van der Waals surface area contributed by atoms with Gasteiger partial charge in [-0.15, -0.1) is 0 Å². The molecule has 152 valence electrons. The quantitative estimate of drug-likeness (QED) is 0.429. The van der Waals surface area contributed by atoms with E-state index < -0.39 is 29.5 Å². The number of ether oxygens (including phenoxy) is 3. The molecule has 0 bridgehead atoms. The average Bonchev–Trinajstić information content (AvgIpc) is 3.38. The molecule has 0 amide bonds. The molecule has 0 radical (unpaired) electrons. The van der Waals surface area contributed by atoms with Crippen LogP contribution in [-0.2, 0) is 28.6 Å². The minimum absolute atomic E-state index is 0.0813. The fourth-order valence-corrected chi connectivity index (χ4v) is 5.76. The molecule has 5 rings (SSSR count). The van der Waals surface area contributed by atoms with Gasteiger partial charge in [-0.3, -0.25) is 9.59 Å². The molecule has 1 unspecified atom stereocenters. The molecule has 29 heavy (non-hydrogen) atoms. The fourth-order valence-electron chi connectivity index (χ4n) is 5.76. The van der Waals surface area contributed by atoms with Crippen molar-refractivity contribution in [2.75, 3.05) is 6.61 Å². The Morgan fingerprint density at radius 2 is 2.14 bits per heavy atom. The Bertz CT molecular complexity index is 954. The van der Waals surface area contributed by atoms with Gasteiger partial charge in [0.25, 0.3) is 0 Å². The summed E-state index contributed by atoms with van der Waals surface area (Å²) in [5.74, 6) is -1.75. The molecule has 1 spiro atoms. The van der Waals surface area contributed by atoms with E-state index in [1.165, 1.54) is 6.92 Å². The molecule has 2 saturated heterocycles. The van der Waals surface area contributed by atoms with Crippen molar-refractivity contribution < 1.29 is 33.0 Å². The zero-order valence-electron chi connectivity index (χ0n) is 16.3. The lowest BCUT2D eigenvalue weighted by Gasteiger charge is -2.43. The Kier molecular flexibility index (Phi) is 3.98. The van der Waals surface area contributed by atoms with Crippen LogP contribution >= 0.6 is 0 Å². The minimum Gasteiger partial charge on any atom is -0.472 e. The summed E-state index contributed by atoms with van der Waals surface area (Å²) in [6.07, 6.45) is 5.66. The molecule has 0 saturated carbocycles. The van der Waals surface area contributed by atoms with Gasteiger partial charge >= 0.3 is 17.9 Å². The van der Waals surface area contributed by atoms with Gasteiger partial charge in [0.05, 0.1) is 23.9 Å². The van der Waals surface area contributed by atoms with Crippen LogP contribution in [0.5, 0.6) is 0 Å². The minimum atomic E-state index is -0.760. The highest BCUT2D eigenvalue weighted by atomic mass is 16.6. The van der Waals surface area contributed by atoms with Gasteiger partial charge in [0.2, 0.25) is 0 Å². The first-order valence-electron chi connectivity index (χ1n) is 9.91. The summed E-state index contributed by atoms with van der Waals surface area (Å²) < 4.78 is 22.2. The third-order valence-electron chi connectivity index (χ3n) is 6.92. The first-order valence-corrected chi connectivity index (χ1v) is 9.91. The zero-order chi connectivity index (χ0) is 20.3. The standard InChI is InChI=1S/C22H22O7/c1-11-15-4-3-5-16-21(25)27-10-22(15,16)17(28-12(2)23)8-14-18(11)19(29-20(14)24)13-6-7-26-9-13/h5-7,9,14-15,17,19H,3-4,8,10H2,1-2H3/t14-,15-,17-,19+,22?/m1/s1. The smallest absolute Gasteiger partial charge is 0.334 e. The van der Waals surface area contributed by atoms with Gasteiger partial charge in [-0.2, -0.15) is 0 Å². The highest BCUT2D eigenvalue weighted by Gasteiger charge is 2.62. The second-order valence-corrected chi connectivity index (χ2v) is 8.26. The van der Waals surface area contributed by atoms with Crippen LogP contribution in [0, 0.1) is 17.3 Å². The molecule has 2 aliphatic carbocycles. The van der Waals surface area contributed by atoms with Crippen LogP contribution in [0.2, 0.25) is 0 Å². The van der Waals surface area contributed by atoms with Crippen LogP contribution in [0.25, 0.3) is 0 Å². The first kappa shape index (κ1) is 18.2. The third-order valence-corrected chi connectivity index (χ3v) is 6.92. The van der Waals surface area contributed by atoms with E-state index in [1.54, 1.807) is 18.6 Å². The van der Waals surface area contributed by atoms with Crippen LogP contribution in [0.15, 0.2) is 45.8 Å². The lowest BCUT2D eigenvalue weighted by atomic mass is 9.61. The Balaban J connectivity index is 1.70. The van der Waals surface area contributed by atoms with Crippen molar-refractivity contribution in [2.45, 2.75) is 45.3 Å². The Labute approximate surface area is 167 Å². The van der Waals surface area contributed by atoms with Gasteiger partial charge in [-0.1, -0.05) is 11.6 Å². The normalized spacial score (nSPS) is 35.7. The maximum absolute atomic E-state index is 12.9. The number of carbonyl (C=O) groups is 3. The van der Waals surface area contributed by atoms with Crippen molar-refractivity contribution in [3.8, 4) is 0 Å². The predicted molar refractivity (Wildman–Crippen MR) is 98.1 cm³/mol. The van der Waals surface area contributed by atoms with E-state index in [-0.39, 0.29) is 30.9 Å². The lowest BCUT2D eigenvalue weighted by molar-refractivity contribution is -0.159. The highest BCUT2D eigenvalue weighted by molar-refractivity contribution is 5.93. The predicted octanol–water partition coefficient (Wildman–Crippen LogP) is 3.03. The van der Waals surface area contributed by atoms with Crippen molar-refractivity contribution in [1.82, 2.24) is 0 Å². The van der Waals surface area contributed by atoms with Crippen molar-refractivity contribution in [3.05, 3.63) is 47.0 Å². The topological polar surface area (TPSA) is 92.0 Å². The summed E-state index contributed by atoms with van der Waals surface area (Å²) in [5.41, 5.74) is 2.51. The molecule has 4 aliphatic rings. The molecule has 7 nitrogen and oxygen atoms in total. The van der Waals surface area contributed by atoms with Crippen molar-refractivity contribution in [1.29, 1.82) is 0 Å². The van der Waals surface area contributed by atoms with E-state index in [2.05, 4.69) is 0 Å². The zero-order valence-corrected chi connectivity index (χ0v) is 16.3. The van der Waals surface area contributed by atoms with Gasteiger partial charge < -0.3 is 18.6 Å². The van der Waals surface area contributed by atoms with Crippen molar-refractivity contribution in [2.24, 2.45) is 17.3 Å². The van der Waals surface area contributed by atoms with E-state index >= 15 is 0 Å². The summed E-state index contributed by atoms with van der Waals surface area (Å²) in [7, 11) is 0. The molecule has 2 aliphatic heterocycles. The van der Waals surface area contributed by atoms with E-state index in [0.717, 1.165) is 29.6 Å². The Morgan fingerprint density at radius 3 is 2.86 bits per heavy atom. The molecule has 2 fully saturated rings. The summed E-state index contributed by atoms with van der Waals surface area (Å²) >= 11 is 0. The maximum Gasteiger partial charge on any atom is 0.334 e. The highest BCUT2D eigenvalue weighted by Crippen LogP contribution is 2.59. The number of hydrogen-bond acceptors (Lipinski definition) is 7. The summed E-state index contributed by atoms with van der Waals surface area (Å²) in [6, 6.07) is 1.79. The van der Waals surface area contributed by atoms with Crippen LogP contribution in [0.4, 0.5) is 0 Å². The number of esters is 3. The first-order chi connectivity index (χ1) is 13.9. The number of fused-ring (bicyclic) bond motifs is 1. The summed E-state index contributed by atoms with van der Waals surface area (Å²) in [4.78, 5) is 37.3. The van der Waals surface area contributed by atoms with E-state index in [1.807, 2.05) is 13.0 Å². The fraction of sp³-hybridized carbons (Fsp3) is 0.500. The van der Waals surface area contributed by atoms with Crippen LogP contribution in [0.3, 0.4) is 0 Å². The van der Waals surface area contributed by atoms with E-state index in [0.29, 0.717) is 5.57 Å². The van der Waals surface area contributed by atoms with Crippen LogP contribution in [0.1, 0.15) is 44.8 Å². The molecule has 3 heterocycles. The monoisotopic (exact) mass is 398 g/mol. The van der Waals surface area contributed by atoms with Crippen LogP contribution in [-0.4, -0.2) is 30.6 Å². The number of allylic oxidation sites excluding steroid dienone is 2. The SMILES string of the molecule is CC(=O)O[C@@H]1C[C@H]2C(=O)O[C@@H](c3ccoc3)C2=C(C)[C@H]2CCC=C3C(=O)OCC321. The van der Waals surface area contributed by atoms with Crippen molar-refractivity contribution >= 4 is 17.9 Å². The lowest BCUT2D eigenvalue weighted by Crippen LogP contribution is -2.48. The molecule has 0 aromatic carbocycles. The molecule has 7 heteroatoms. The molecule has 0 N–H and O–H groups in total. The van der Waals surface area contributed by atoms with Crippen LogP contribution < -0.4 is 0 Å². The van der Waals surface area contributed by atoms with Gasteiger partial charge in [0.15, 0.2) is 6.10 Å². The number of rotatable bonds is 2. The molecular formula is C22H22O7. The Hall–Kier alpha value is -2.83. The second kappa shape index (κ2) is 6.34. The number of hydrogen-bond donors (Lipinski definition) is 0. The molecule has 1 aromatic rings.